The van der Waals surface area contributed by atoms with Crippen molar-refractivity contribution in [3.05, 3.63) is 48.0 Å². The SMILES string of the molecule is CCC(C)C(O)CNC(=O)c1ccn(-c2cccc(F)c2)n1. The second-order valence-corrected chi connectivity index (χ2v) is 5.29. The molecule has 0 saturated heterocycles. The predicted octanol–water partition coefficient (Wildman–Crippen LogP) is 2.15. The number of aromatic nitrogens is 2. The molecule has 0 aliphatic heterocycles. The Morgan fingerprint density at radius 1 is 1.45 bits per heavy atom. The highest BCUT2D eigenvalue weighted by Gasteiger charge is 2.15. The fraction of sp³-hybridized carbons (Fsp3) is 0.375. The Bertz CT molecular complexity index is 642. The zero-order valence-corrected chi connectivity index (χ0v) is 12.7. The Morgan fingerprint density at radius 3 is 2.91 bits per heavy atom. The molecule has 2 N–H and O–H groups in total. The summed E-state index contributed by atoms with van der Waals surface area (Å²) in [5.41, 5.74) is 0.763. The van der Waals surface area contributed by atoms with Crippen molar-refractivity contribution in [2.45, 2.75) is 26.4 Å². The summed E-state index contributed by atoms with van der Waals surface area (Å²) < 4.78 is 14.6. The molecule has 2 rings (SSSR count). The maximum Gasteiger partial charge on any atom is 0.271 e. The number of halogens is 1. The molecule has 2 unspecified atom stereocenters. The van der Waals surface area contributed by atoms with Gasteiger partial charge in [0.1, 0.15) is 5.82 Å². The van der Waals surface area contributed by atoms with Gasteiger partial charge in [0.05, 0.1) is 11.8 Å². The van der Waals surface area contributed by atoms with Crippen molar-refractivity contribution in [1.29, 1.82) is 0 Å². The normalized spacial score (nSPS) is 13.6. The largest absolute Gasteiger partial charge is 0.391 e. The quantitative estimate of drug-likeness (QED) is 0.859. The minimum absolute atomic E-state index is 0.116. The molecule has 0 aliphatic carbocycles. The van der Waals surface area contributed by atoms with Crippen molar-refractivity contribution in [2.75, 3.05) is 6.54 Å². The van der Waals surface area contributed by atoms with Crippen LogP contribution in [0.15, 0.2) is 36.5 Å². The highest BCUT2D eigenvalue weighted by Crippen LogP contribution is 2.10. The minimum Gasteiger partial charge on any atom is -0.391 e. The third kappa shape index (κ3) is 3.92. The number of carbonyl (C=O) groups is 1. The monoisotopic (exact) mass is 305 g/mol. The van der Waals surface area contributed by atoms with Gasteiger partial charge in [0, 0.05) is 12.7 Å². The van der Waals surface area contributed by atoms with E-state index >= 15 is 0 Å². The second-order valence-electron chi connectivity index (χ2n) is 5.29. The van der Waals surface area contributed by atoms with Crippen LogP contribution in [0.25, 0.3) is 5.69 Å². The summed E-state index contributed by atoms with van der Waals surface area (Å²) in [7, 11) is 0. The number of amides is 1. The molecule has 5 nitrogen and oxygen atoms in total. The zero-order chi connectivity index (χ0) is 16.1. The molecule has 0 radical (unpaired) electrons. The average Bonchev–Trinajstić information content (AvgIpc) is 3.01. The summed E-state index contributed by atoms with van der Waals surface area (Å²) >= 11 is 0. The topological polar surface area (TPSA) is 67.2 Å². The molecule has 1 amide bonds. The Balaban J connectivity index is 2.00. The summed E-state index contributed by atoms with van der Waals surface area (Å²) in [6.07, 6.45) is 1.85. The van der Waals surface area contributed by atoms with Crippen LogP contribution in [0, 0.1) is 11.7 Å². The molecule has 0 aliphatic rings. The highest BCUT2D eigenvalue weighted by molar-refractivity contribution is 5.92. The first-order valence-electron chi connectivity index (χ1n) is 7.29. The molecule has 1 heterocycles. The second kappa shape index (κ2) is 7.17. The first-order valence-corrected chi connectivity index (χ1v) is 7.29. The van der Waals surface area contributed by atoms with E-state index in [4.69, 9.17) is 0 Å². The lowest BCUT2D eigenvalue weighted by atomic mass is 10.0. The molecule has 1 aromatic carbocycles. The Labute approximate surface area is 128 Å². The number of rotatable bonds is 6. The summed E-state index contributed by atoms with van der Waals surface area (Å²) in [5, 5.41) is 16.6. The molecule has 0 fully saturated rings. The molecule has 1 aromatic heterocycles. The van der Waals surface area contributed by atoms with Crippen LogP contribution in [0.1, 0.15) is 30.8 Å². The number of aliphatic hydroxyl groups is 1. The van der Waals surface area contributed by atoms with Crippen LogP contribution < -0.4 is 5.32 Å². The van der Waals surface area contributed by atoms with E-state index in [9.17, 15) is 14.3 Å². The van der Waals surface area contributed by atoms with Gasteiger partial charge < -0.3 is 10.4 Å². The Morgan fingerprint density at radius 2 is 2.23 bits per heavy atom. The molecule has 2 atom stereocenters. The maximum absolute atomic E-state index is 13.2. The zero-order valence-electron chi connectivity index (χ0n) is 12.7. The van der Waals surface area contributed by atoms with E-state index < -0.39 is 6.10 Å². The number of benzene rings is 1. The first-order chi connectivity index (χ1) is 10.5. The summed E-state index contributed by atoms with van der Waals surface area (Å²) in [6.45, 7) is 4.09. The lowest BCUT2D eigenvalue weighted by Gasteiger charge is -2.17. The van der Waals surface area contributed by atoms with Crippen molar-refractivity contribution in [1.82, 2.24) is 15.1 Å². The molecule has 2 aromatic rings. The standard InChI is InChI=1S/C16H20FN3O2/c1-3-11(2)15(21)10-18-16(22)14-7-8-20(19-14)13-6-4-5-12(17)9-13/h4-9,11,15,21H,3,10H2,1-2H3,(H,18,22). The smallest absolute Gasteiger partial charge is 0.271 e. The van der Waals surface area contributed by atoms with Crippen LogP contribution in [-0.4, -0.2) is 33.4 Å². The Kier molecular flexibility index (Phi) is 5.27. The number of nitrogens with one attached hydrogen (secondary N) is 1. The third-order valence-electron chi connectivity index (χ3n) is 3.67. The average molecular weight is 305 g/mol. The van der Waals surface area contributed by atoms with Crippen molar-refractivity contribution < 1.29 is 14.3 Å². The number of nitrogens with zero attached hydrogens (tertiary/aromatic N) is 2. The van der Waals surface area contributed by atoms with E-state index in [1.54, 1.807) is 24.4 Å². The van der Waals surface area contributed by atoms with E-state index in [1.165, 1.54) is 16.8 Å². The predicted molar refractivity (Wildman–Crippen MR) is 81.3 cm³/mol. The van der Waals surface area contributed by atoms with Crippen molar-refractivity contribution in [3.8, 4) is 5.69 Å². The van der Waals surface area contributed by atoms with Crippen molar-refractivity contribution in [3.63, 3.8) is 0 Å². The molecular formula is C16H20FN3O2. The molecule has 0 spiro atoms. The lowest BCUT2D eigenvalue weighted by Crippen LogP contribution is -2.35. The number of carbonyl (C=O) groups excluding carboxylic acids is 1. The van der Waals surface area contributed by atoms with Crippen LogP contribution in [0.5, 0.6) is 0 Å². The van der Waals surface area contributed by atoms with E-state index in [0.717, 1.165) is 6.42 Å². The van der Waals surface area contributed by atoms with Gasteiger partial charge in [0.2, 0.25) is 0 Å². The van der Waals surface area contributed by atoms with E-state index in [0.29, 0.717) is 5.69 Å². The van der Waals surface area contributed by atoms with Gasteiger partial charge in [0.25, 0.3) is 5.91 Å². The van der Waals surface area contributed by atoms with Gasteiger partial charge in [-0.3, -0.25) is 4.79 Å². The van der Waals surface area contributed by atoms with Crippen LogP contribution in [0.3, 0.4) is 0 Å². The third-order valence-corrected chi connectivity index (χ3v) is 3.67. The Hall–Kier alpha value is -2.21. The van der Waals surface area contributed by atoms with Crippen molar-refractivity contribution in [2.24, 2.45) is 5.92 Å². The van der Waals surface area contributed by atoms with Gasteiger partial charge in [-0.2, -0.15) is 5.10 Å². The van der Waals surface area contributed by atoms with E-state index in [-0.39, 0.29) is 29.9 Å². The summed E-state index contributed by atoms with van der Waals surface area (Å²) in [5.74, 6) is -0.613. The van der Waals surface area contributed by atoms with Gasteiger partial charge >= 0.3 is 0 Å². The molecule has 0 bridgehead atoms. The van der Waals surface area contributed by atoms with Crippen LogP contribution in [0.2, 0.25) is 0 Å². The molecule has 6 heteroatoms. The van der Waals surface area contributed by atoms with E-state index in [1.807, 2.05) is 13.8 Å². The first kappa shape index (κ1) is 16.2. The van der Waals surface area contributed by atoms with E-state index in [2.05, 4.69) is 10.4 Å². The van der Waals surface area contributed by atoms with Crippen molar-refractivity contribution >= 4 is 5.91 Å². The van der Waals surface area contributed by atoms with Gasteiger partial charge in [-0.25, -0.2) is 9.07 Å². The van der Waals surface area contributed by atoms with Gasteiger partial charge in [-0.1, -0.05) is 26.3 Å². The molecular weight excluding hydrogens is 285 g/mol. The van der Waals surface area contributed by atoms with Crippen LogP contribution in [-0.2, 0) is 0 Å². The number of hydrogen-bond acceptors (Lipinski definition) is 3. The number of hydrogen-bond donors (Lipinski definition) is 2. The van der Waals surface area contributed by atoms with Gasteiger partial charge in [-0.05, 0) is 30.2 Å². The summed E-state index contributed by atoms with van der Waals surface area (Å²) in [6, 6.07) is 7.51. The number of aliphatic hydroxyl groups excluding tert-OH is 1. The summed E-state index contributed by atoms with van der Waals surface area (Å²) in [4.78, 5) is 12.0. The fourth-order valence-electron chi connectivity index (χ4n) is 1.97. The molecule has 22 heavy (non-hydrogen) atoms. The lowest BCUT2D eigenvalue weighted by molar-refractivity contribution is 0.0845. The minimum atomic E-state index is -0.584. The highest BCUT2D eigenvalue weighted by atomic mass is 19.1. The molecule has 0 saturated carbocycles. The maximum atomic E-state index is 13.2. The van der Waals surface area contributed by atoms with Crippen LogP contribution >= 0.6 is 0 Å². The molecule has 118 valence electrons. The van der Waals surface area contributed by atoms with Gasteiger partial charge in [-0.15, -0.1) is 0 Å². The van der Waals surface area contributed by atoms with Crippen LogP contribution in [0.4, 0.5) is 4.39 Å². The van der Waals surface area contributed by atoms with Gasteiger partial charge in [0.15, 0.2) is 5.69 Å². The fourth-order valence-corrected chi connectivity index (χ4v) is 1.97.